The Kier molecular flexibility index (Phi) is 3.02. The molecule has 0 saturated heterocycles. The zero-order valence-electron chi connectivity index (χ0n) is 9.58. The molecule has 3 nitrogen and oxygen atoms in total. The van der Waals surface area contributed by atoms with E-state index in [1.54, 1.807) is 0 Å². The van der Waals surface area contributed by atoms with Gasteiger partial charge in [0.05, 0.1) is 5.56 Å². The quantitative estimate of drug-likeness (QED) is 0.894. The average molecular weight is 256 g/mol. The van der Waals surface area contributed by atoms with Crippen LogP contribution in [-0.2, 0) is 12.6 Å². The highest BCUT2D eigenvalue weighted by Gasteiger charge is 2.30. The molecule has 0 radical (unpaired) electrons. The molecule has 0 bridgehead atoms. The fourth-order valence-electron chi connectivity index (χ4n) is 1.71. The summed E-state index contributed by atoms with van der Waals surface area (Å²) in [6.45, 7) is 1.87. The second-order valence-corrected chi connectivity index (χ2v) is 3.80. The minimum atomic E-state index is -4.34. The summed E-state index contributed by atoms with van der Waals surface area (Å²) < 4.78 is 42.1. The topological polar surface area (TPSA) is 52.0 Å². The molecule has 1 heterocycles. The number of hydrogen-bond acceptors (Lipinski definition) is 3. The number of hydrogen-bond donors (Lipinski definition) is 1. The Morgan fingerprint density at radius 3 is 2.33 bits per heavy atom. The summed E-state index contributed by atoms with van der Waals surface area (Å²) in [5.41, 5.74) is 6.63. The van der Waals surface area contributed by atoms with Gasteiger partial charge in [0.25, 0.3) is 0 Å². The van der Waals surface area contributed by atoms with Crippen molar-refractivity contribution in [3.8, 4) is 11.3 Å². The molecule has 0 saturated carbocycles. The van der Waals surface area contributed by atoms with Gasteiger partial charge in [0.1, 0.15) is 5.69 Å². The third kappa shape index (κ3) is 2.18. The van der Waals surface area contributed by atoms with E-state index in [0.29, 0.717) is 23.2 Å². The maximum atomic E-state index is 12.4. The Bertz CT molecular complexity index is 543. The Morgan fingerprint density at radius 1 is 1.22 bits per heavy atom. The molecule has 1 aromatic heterocycles. The molecule has 0 amide bonds. The first-order valence-corrected chi connectivity index (χ1v) is 5.35. The monoisotopic (exact) mass is 256 g/mol. The standard InChI is InChI=1S/C12H11F3N2O/c1-2-9-10(17-18-11(9)16)7-3-5-8(6-4-7)12(13,14)15/h3-6H,2,16H2,1H3. The van der Waals surface area contributed by atoms with Gasteiger partial charge in [0.2, 0.25) is 5.88 Å². The number of nitrogen functional groups attached to an aromatic ring is 1. The van der Waals surface area contributed by atoms with Gasteiger partial charge in [-0.25, -0.2) is 0 Å². The molecule has 0 unspecified atom stereocenters. The van der Waals surface area contributed by atoms with Crippen LogP contribution in [-0.4, -0.2) is 5.16 Å². The van der Waals surface area contributed by atoms with Gasteiger partial charge in [-0.1, -0.05) is 24.2 Å². The van der Waals surface area contributed by atoms with Gasteiger partial charge in [0, 0.05) is 11.1 Å². The highest BCUT2D eigenvalue weighted by Crippen LogP contribution is 2.32. The first kappa shape index (κ1) is 12.5. The van der Waals surface area contributed by atoms with Crippen molar-refractivity contribution in [3.63, 3.8) is 0 Å². The number of alkyl halides is 3. The Labute approximate surface area is 101 Å². The zero-order chi connectivity index (χ0) is 13.3. The number of nitrogens with two attached hydrogens (primary N) is 1. The van der Waals surface area contributed by atoms with Crippen LogP contribution in [0.4, 0.5) is 19.1 Å². The normalized spacial score (nSPS) is 11.8. The first-order chi connectivity index (χ1) is 8.43. The van der Waals surface area contributed by atoms with Crippen LogP contribution in [0.3, 0.4) is 0 Å². The summed E-state index contributed by atoms with van der Waals surface area (Å²) >= 11 is 0. The lowest BCUT2D eigenvalue weighted by Crippen LogP contribution is -2.04. The van der Waals surface area contributed by atoms with Crippen LogP contribution in [0.5, 0.6) is 0 Å². The molecule has 96 valence electrons. The SMILES string of the molecule is CCc1c(-c2ccc(C(F)(F)F)cc2)noc1N. The van der Waals surface area contributed by atoms with Crippen LogP contribution < -0.4 is 5.73 Å². The number of halogens is 3. The molecule has 2 aromatic rings. The van der Waals surface area contributed by atoms with E-state index in [-0.39, 0.29) is 5.88 Å². The number of aromatic nitrogens is 1. The molecule has 0 aliphatic heterocycles. The Hall–Kier alpha value is -1.98. The van der Waals surface area contributed by atoms with Crippen molar-refractivity contribution in [3.05, 3.63) is 35.4 Å². The van der Waals surface area contributed by atoms with Crippen molar-refractivity contribution in [2.45, 2.75) is 19.5 Å². The fourth-order valence-corrected chi connectivity index (χ4v) is 1.71. The second kappa shape index (κ2) is 4.36. The number of rotatable bonds is 2. The third-order valence-corrected chi connectivity index (χ3v) is 2.66. The zero-order valence-corrected chi connectivity index (χ0v) is 9.58. The Morgan fingerprint density at radius 2 is 1.83 bits per heavy atom. The highest BCUT2D eigenvalue weighted by atomic mass is 19.4. The summed E-state index contributed by atoms with van der Waals surface area (Å²) in [5, 5.41) is 3.77. The molecule has 2 N–H and O–H groups in total. The van der Waals surface area contributed by atoms with E-state index >= 15 is 0 Å². The molecule has 6 heteroatoms. The van der Waals surface area contributed by atoms with Crippen LogP contribution in [0.2, 0.25) is 0 Å². The molecule has 2 rings (SSSR count). The van der Waals surface area contributed by atoms with Gasteiger partial charge in [0.15, 0.2) is 0 Å². The predicted molar refractivity (Wildman–Crippen MR) is 60.7 cm³/mol. The summed E-state index contributed by atoms with van der Waals surface area (Å²) in [4.78, 5) is 0. The van der Waals surface area contributed by atoms with Crippen molar-refractivity contribution in [2.75, 3.05) is 5.73 Å². The van der Waals surface area contributed by atoms with Crippen molar-refractivity contribution < 1.29 is 17.7 Å². The van der Waals surface area contributed by atoms with E-state index in [1.165, 1.54) is 12.1 Å². The maximum Gasteiger partial charge on any atom is 0.416 e. The highest BCUT2D eigenvalue weighted by molar-refractivity contribution is 5.67. The summed E-state index contributed by atoms with van der Waals surface area (Å²) in [6.07, 6.45) is -3.74. The van der Waals surface area contributed by atoms with Crippen LogP contribution in [0, 0.1) is 0 Å². The largest absolute Gasteiger partial charge is 0.416 e. The molecule has 0 fully saturated rings. The smallest absolute Gasteiger partial charge is 0.367 e. The molecule has 0 aliphatic rings. The lowest BCUT2D eigenvalue weighted by Gasteiger charge is -2.06. The number of anilines is 1. The van der Waals surface area contributed by atoms with Crippen molar-refractivity contribution in [2.24, 2.45) is 0 Å². The summed E-state index contributed by atoms with van der Waals surface area (Å²) in [5.74, 6) is 0.201. The first-order valence-electron chi connectivity index (χ1n) is 5.35. The molecular weight excluding hydrogens is 245 g/mol. The van der Waals surface area contributed by atoms with E-state index in [1.807, 2.05) is 6.92 Å². The molecular formula is C12H11F3N2O. The van der Waals surface area contributed by atoms with Gasteiger partial charge in [-0.05, 0) is 18.6 Å². The van der Waals surface area contributed by atoms with Crippen LogP contribution >= 0.6 is 0 Å². The maximum absolute atomic E-state index is 12.4. The van der Waals surface area contributed by atoms with Crippen LogP contribution in [0.1, 0.15) is 18.1 Å². The van der Waals surface area contributed by atoms with Crippen LogP contribution in [0.15, 0.2) is 28.8 Å². The minimum absolute atomic E-state index is 0.201. The summed E-state index contributed by atoms with van der Waals surface area (Å²) in [7, 11) is 0. The number of nitrogens with zero attached hydrogens (tertiary/aromatic N) is 1. The molecule has 0 atom stereocenters. The van der Waals surface area contributed by atoms with Crippen LogP contribution in [0.25, 0.3) is 11.3 Å². The predicted octanol–water partition coefficient (Wildman–Crippen LogP) is 3.51. The lowest BCUT2D eigenvalue weighted by atomic mass is 10.0. The summed E-state index contributed by atoms with van der Waals surface area (Å²) in [6, 6.07) is 4.75. The Balaban J connectivity index is 2.40. The molecule has 1 aromatic carbocycles. The van der Waals surface area contributed by atoms with Crippen molar-refractivity contribution >= 4 is 5.88 Å². The van der Waals surface area contributed by atoms with Gasteiger partial charge in [-0.3, -0.25) is 0 Å². The van der Waals surface area contributed by atoms with Gasteiger partial charge >= 0.3 is 6.18 Å². The second-order valence-electron chi connectivity index (χ2n) is 3.80. The average Bonchev–Trinajstić information content (AvgIpc) is 2.69. The van der Waals surface area contributed by atoms with Crippen molar-refractivity contribution in [1.29, 1.82) is 0 Å². The number of benzene rings is 1. The molecule has 18 heavy (non-hydrogen) atoms. The van der Waals surface area contributed by atoms with E-state index < -0.39 is 11.7 Å². The van der Waals surface area contributed by atoms with E-state index in [0.717, 1.165) is 12.1 Å². The minimum Gasteiger partial charge on any atom is -0.367 e. The fraction of sp³-hybridized carbons (Fsp3) is 0.250. The van der Waals surface area contributed by atoms with E-state index in [4.69, 9.17) is 10.3 Å². The lowest BCUT2D eigenvalue weighted by molar-refractivity contribution is -0.137. The third-order valence-electron chi connectivity index (χ3n) is 2.66. The van der Waals surface area contributed by atoms with E-state index in [9.17, 15) is 13.2 Å². The van der Waals surface area contributed by atoms with Gasteiger partial charge < -0.3 is 10.3 Å². The van der Waals surface area contributed by atoms with Gasteiger partial charge in [-0.2, -0.15) is 13.2 Å². The van der Waals surface area contributed by atoms with Gasteiger partial charge in [-0.15, -0.1) is 0 Å². The molecule has 0 spiro atoms. The molecule has 0 aliphatic carbocycles. The van der Waals surface area contributed by atoms with E-state index in [2.05, 4.69) is 5.16 Å². The van der Waals surface area contributed by atoms with Crippen molar-refractivity contribution in [1.82, 2.24) is 5.16 Å².